The van der Waals surface area contributed by atoms with E-state index in [-0.39, 0.29) is 29.5 Å². The SMILES string of the molecule is O=C(O)C1C2CCC(C2)C1NC1CCCS(=O)(=O)C1. The number of carboxylic acid groups (broad SMARTS) is 1. The highest BCUT2D eigenvalue weighted by atomic mass is 32.2. The molecule has 0 radical (unpaired) electrons. The van der Waals surface area contributed by atoms with Crippen molar-refractivity contribution in [1.82, 2.24) is 5.32 Å². The van der Waals surface area contributed by atoms with E-state index in [1.165, 1.54) is 0 Å². The molecule has 0 aromatic rings. The van der Waals surface area contributed by atoms with Crippen LogP contribution in [0.5, 0.6) is 0 Å². The lowest BCUT2D eigenvalue weighted by Crippen LogP contribution is -2.51. The molecule has 5 unspecified atom stereocenters. The summed E-state index contributed by atoms with van der Waals surface area (Å²) in [4.78, 5) is 11.4. The number of rotatable bonds is 3. The van der Waals surface area contributed by atoms with Crippen LogP contribution in [0.2, 0.25) is 0 Å². The van der Waals surface area contributed by atoms with Gasteiger partial charge in [0.25, 0.3) is 0 Å². The molecule has 108 valence electrons. The molecule has 1 aliphatic heterocycles. The Morgan fingerprint density at radius 3 is 2.58 bits per heavy atom. The average Bonchev–Trinajstić information content (AvgIpc) is 2.87. The van der Waals surface area contributed by atoms with Crippen molar-refractivity contribution >= 4 is 15.8 Å². The monoisotopic (exact) mass is 287 g/mol. The van der Waals surface area contributed by atoms with E-state index in [0.29, 0.717) is 18.3 Å². The Balaban J connectivity index is 1.70. The van der Waals surface area contributed by atoms with E-state index >= 15 is 0 Å². The minimum Gasteiger partial charge on any atom is -0.481 e. The van der Waals surface area contributed by atoms with E-state index in [0.717, 1.165) is 25.7 Å². The van der Waals surface area contributed by atoms with Crippen molar-refractivity contribution in [1.29, 1.82) is 0 Å². The Kier molecular flexibility index (Phi) is 3.33. The Labute approximate surface area is 113 Å². The zero-order chi connectivity index (χ0) is 13.6. The first-order valence-electron chi connectivity index (χ1n) is 7.15. The fourth-order valence-electron chi connectivity index (χ4n) is 4.31. The number of carboxylic acids is 1. The second-order valence-electron chi connectivity index (χ2n) is 6.34. The molecule has 2 N–H and O–H groups in total. The first-order valence-corrected chi connectivity index (χ1v) is 8.98. The van der Waals surface area contributed by atoms with Crippen LogP contribution in [-0.4, -0.2) is 43.1 Å². The zero-order valence-corrected chi connectivity index (χ0v) is 11.7. The third kappa shape index (κ3) is 2.52. The predicted molar refractivity (Wildman–Crippen MR) is 70.6 cm³/mol. The summed E-state index contributed by atoms with van der Waals surface area (Å²) < 4.78 is 23.3. The van der Waals surface area contributed by atoms with Crippen LogP contribution in [0.15, 0.2) is 0 Å². The topological polar surface area (TPSA) is 83.5 Å². The highest BCUT2D eigenvalue weighted by Gasteiger charge is 2.51. The fourth-order valence-corrected chi connectivity index (χ4v) is 5.96. The highest BCUT2D eigenvalue weighted by molar-refractivity contribution is 7.91. The molecule has 3 rings (SSSR count). The Morgan fingerprint density at radius 1 is 1.16 bits per heavy atom. The first-order chi connectivity index (χ1) is 8.96. The van der Waals surface area contributed by atoms with Gasteiger partial charge in [0.15, 0.2) is 9.84 Å². The molecule has 3 fully saturated rings. The summed E-state index contributed by atoms with van der Waals surface area (Å²) in [6, 6.07) is -0.0699. The normalized spacial score (nSPS) is 44.3. The third-order valence-electron chi connectivity index (χ3n) is 5.09. The number of fused-ring (bicyclic) bond motifs is 2. The fraction of sp³-hybridized carbons (Fsp3) is 0.923. The lowest BCUT2D eigenvalue weighted by molar-refractivity contribution is -0.144. The van der Waals surface area contributed by atoms with Gasteiger partial charge in [-0.1, -0.05) is 0 Å². The Bertz CT molecular complexity index is 475. The molecule has 3 aliphatic rings. The maximum atomic E-state index is 11.7. The molecule has 6 heteroatoms. The van der Waals surface area contributed by atoms with E-state index in [9.17, 15) is 18.3 Å². The summed E-state index contributed by atoms with van der Waals surface area (Å²) in [5.74, 6) is 0.139. The summed E-state index contributed by atoms with van der Waals surface area (Å²) >= 11 is 0. The maximum absolute atomic E-state index is 11.7. The van der Waals surface area contributed by atoms with E-state index in [2.05, 4.69) is 5.32 Å². The number of aliphatic carboxylic acids is 1. The number of carbonyl (C=O) groups is 1. The molecule has 2 aliphatic carbocycles. The van der Waals surface area contributed by atoms with E-state index < -0.39 is 15.8 Å². The minimum atomic E-state index is -2.93. The zero-order valence-electron chi connectivity index (χ0n) is 10.9. The van der Waals surface area contributed by atoms with Gasteiger partial charge >= 0.3 is 5.97 Å². The van der Waals surface area contributed by atoms with Crippen LogP contribution in [-0.2, 0) is 14.6 Å². The van der Waals surface area contributed by atoms with Crippen LogP contribution in [0.25, 0.3) is 0 Å². The van der Waals surface area contributed by atoms with Gasteiger partial charge < -0.3 is 10.4 Å². The minimum absolute atomic E-state index is 0.0189. The van der Waals surface area contributed by atoms with Gasteiger partial charge in [-0.2, -0.15) is 0 Å². The van der Waals surface area contributed by atoms with Gasteiger partial charge in [0, 0.05) is 12.1 Å². The second kappa shape index (κ2) is 4.74. The molecule has 1 heterocycles. The Hall–Kier alpha value is -0.620. The molecule has 0 aromatic carbocycles. The van der Waals surface area contributed by atoms with E-state index in [4.69, 9.17) is 0 Å². The predicted octanol–water partition coefficient (Wildman–Crippen LogP) is 0.653. The molecule has 5 nitrogen and oxygen atoms in total. The standard InChI is InChI=1S/C13H21NO4S/c15-13(16)11-8-3-4-9(6-8)12(11)14-10-2-1-5-19(17,18)7-10/h8-12,14H,1-7H2,(H,15,16). The van der Waals surface area contributed by atoms with Crippen LogP contribution >= 0.6 is 0 Å². The first kappa shape index (κ1) is 13.4. The van der Waals surface area contributed by atoms with Crippen molar-refractivity contribution in [3.05, 3.63) is 0 Å². The van der Waals surface area contributed by atoms with Gasteiger partial charge in [-0.15, -0.1) is 0 Å². The van der Waals surface area contributed by atoms with Crippen molar-refractivity contribution in [3.8, 4) is 0 Å². The number of hydrogen-bond acceptors (Lipinski definition) is 4. The summed E-state index contributed by atoms with van der Waals surface area (Å²) in [6.45, 7) is 0. The van der Waals surface area contributed by atoms with Crippen molar-refractivity contribution in [2.24, 2.45) is 17.8 Å². The van der Waals surface area contributed by atoms with Gasteiger partial charge in [-0.3, -0.25) is 4.79 Å². The van der Waals surface area contributed by atoms with Crippen molar-refractivity contribution in [2.75, 3.05) is 11.5 Å². The molecular formula is C13H21NO4S. The lowest BCUT2D eigenvalue weighted by Gasteiger charge is -2.34. The smallest absolute Gasteiger partial charge is 0.308 e. The van der Waals surface area contributed by atoms with Gasteiger partial charge in [-0.05, 0) is 43.9 Å². The number of hydrogen-bond donors (Lipinski definition) is 2. The molecule has 0 spiro atoms. The van der Waals surface area contributed by atoms with Crippen molar-refractivity contribution < 1.29 is 18.3 Å². The largest absolute Gasteiger partial charge is 0.481 e. The molecule has 5 atom stereocenters. The summed E-state index contributed by atoms with van der Waals surface area (Å²) in [7, 11) is -2.93. The number of nitrogens with one attached hydrogen (secondary N) is 1. The van der Waals surface area contributed by atoms with Gasteiger partial charge in [0.05, 0.1) is 17.4 Å². The van der Waals surface area contributed by atoms with Crippen LogP contribution in [0.1, 0.15) is 32.1 Å². The molecule has 0 aromatic heterocycles. The molecule has 1 saturated heterocycles. The quantitative estimate of drug-likeness (QED) is 0.796. The summed E-state index contributed by atoms with van der Waals surface area (Å²) in [6.07, 6.45) is 4.64. The Morgan fingerprint density at radius 2 is 1.89 bits per heavy atom. The molecule has 2 bridgehead atoms. The van der Waals surface area contributed by atoms with Gasteiger partial charge in [-0.25, -0.2) is 8.42 Å². The van der Waals surface area contributed by atoms with Crippen molar-refractivity contribution in [2.45, 2.75) is 44.2 Å². The summed E-state index contributed by atoms with van der Waals surface area (Å²) in [5, 5.41) is 12.8. The lowest BCUT2D eigenvalue weighted by atomic mass is 9.84. The molecular weight excluding hydrogens is 266 g/mol. The van der Waals surface area contributed by atoms with Crippen molar-refractivity contribution in [3.63, 3.8) is 0 Å². The van der Waals surface area contributed by atoms with Gasteiger partial charge in [0.2, 0.25) is 0 Å². The summed E-state index contributed by atoms with van der Waals surface area (Å²) in [5.41, 5.74) is 0. The van der Waals surface area contributed by atoms with Crippen LogP contribution in [0.3, 0.4) is 0 Å². The highest BCUT2D eigenvalue weighted by Crippen LogP contribution is 2.48. The van der Waals surface area contributed by atoms with E-state index in [1.54, 1.807) is 0 Å². The molecule has 2 saturated carbocycles. The average molecular weight is 287 g/mol. The molecule has 0 amide bonds. The second-order valence-corrected chi connectivity index (χ2v) is 8.57. The van der Waals surface area contributed by atoms with Crippen LogP contribution in [0, 0.1) is 17.8 Å². The maximum Gasteiger partial charge on any atom is 0.308 e. The van der Waals surface area contributed by atoms with E-state index in [1.807, 2.05) is 0 Å². The van der Waals surface area contributed by atoms with Crippen LogP contribution < -0.4 is 5.32 Å². The third-order valence-corrected chi connectivity index (χ3v) is 6.91. The number of sulfone groups is 1. The molecule has 19 heavy (non-hydrogen) atoms. The van der Waals surface area contributed by atoms with Crippen LogP contribution in [0.4, 0.5) is 0 Å². The van der Waals surface area contributed by atoms with Gasteiger partial charge in [0.1, 0.15) is 0 Å².